The van der Waals surface area contributed by atoms with Crippen LogP contribution in [0.3, 0.4) is 0 Å². The molecule has 0 heterocycles. The molecule has 0 aliphatic heterocycles. The molecule has 28 heavy (non-hydrogen) atoms. The molecule has 0 spiro atoms. The van der Waals surface area contributed by atoms with Crippen molar-refractivity contribution in [1.82, 2.24) is 0 Å². The molecule has 0 bridgehead atoms. The summed E-state index contributed by atoms with van der Waals surface area (Å²) >= 11 is 0. The molecule has 148 valence electrons. The first-order valence-electron chi connectivity index (χ1n) is 9.00. The number of hydrogen-bond donors (Lipinski definition) is 0. The van der Waals surface area contributed by atoms with Crippen molar-refractivity contribution in [2.24, 2.45) is 0 Å². The maximum Gasteiger partial charge on any atom is 0.673 e. The van der Waals surface area contributed by atoms with Crippen LogP contribution in [0.4, 0.5) is 17.3 Å². The summed E-state index contributed by atoms with van der Waals surface area (Å²) in [5, 5.41) is 0. The number of carbonyl (C=O) groups excluding carboxylic acids is 1. The molecular formula is C22H23BF4O. The van der Waals surface area contributed by atoms with E-state index in [0.29, 0.717) is 11.7 Å². The Balaban J connectivity index is 0.000000500. The molecule has 3 aliphatic rings. The fourth-order valence-electron chi connectivity index (χ4n) is 3.10. The standard InChI is InChI=1S/C22H22O.BF4/c1-14(2)18-8-5-15(3)22-19(11-16(4)21(22)13-18)12-17-6-9-20(23)10-7-17;2-1(3,4)5/h5-14H,1-4H3;/q;-1/p+1. The molecule has 0 fully saturated rings. The zero-order valence-corrected chi connectivity index (χ0v) is 16.3. The fourth-order valence-corrected chi connectivity index (χ4v) is 3.10. The van der Waals surface area contributed by atoms with E-state index in [2.05, 4.69) is 58.0 Å². The molecule has 0 unspecified atom stereocenters. The van der Waals surface area contributed by atoms with E-state index in [1.165, 1.54) is 33.4 Å². The first kappa shape index (κ1) is 21.7. The number of fused-ring (bicyclic) bond motifs is 1. The van der Waals surface area contributed by atoms with Gasteiger partial charge in [-0.1, -0.05) is 38.1 Å². The van der Waals surface area contributed by atoms with E-state index in [-0.39, 0.29) is 0 Å². The van der Waals surface area contributed by atoms with Crippen LogP contribution < -0.4 is 0 Å². The molecule has 0 aromatic carbocycles. The summed E-state index contributed by atoms with van der Waals surface area (Å²) < 4.78 is 39.0. The van der Waals surface area contributed by atoms with Gasteiger partial charge in [-0.3, -0.25) is 4.79 Å². The van der Waals surface area contributed by atoms with Crippen LogP contribution in [0.2, 0.25) is 0 Å². The van der Waals surface area contributed by atoms with Gasteiger partial charge in [-0.15, -0.1) is 0 Å². The third kappa shape index (κ3) is 5.94. The molecule has 3 rings (SSSR count). The van der Waals surface area contributed by atoms with Crippen molar-refractivity contribution in [3.8, 4) is 11.1 Å². The summed E-state index contributed by atoms with van der Waals surface area (Å²) in [6, 6.07) is 9.06. The lowest BCUT2D eigenvalue weighted by Gasteiger charge is -2.05. The second-order valence-electron chi connectivity index (χ2n) is 7.12. The van der Waals surface area contributed by atoms with Gasteiger partial charge in [0, 0.05) is 12.2 Å². The van der Waals surface area contributed by atoms with Gasteiger partial charge in [0.25, 0.3) is 0 Å². The van der Waals surface area contributed by atoms with Gasteiger partial charge in [-0.25, -0.2) is 0 Å². The zero-order valence-electron chi connectivity index (χ0n) is 16.3. The van der Waals surface area contributed by atoms with Crippen LogP contribution in [-0.2, 0) is 0 Å². The van der Waals surface area contributed by atoms with Crippen molar-refractivity contribution < 1.29 is 22.1 Å². The van der Waals surface area contributed by atoms with Gasteiger partial charge >= 0.3 is 13.0 Å². The van der Waals surface area contributed by atoms with Gasteiger partial charge in [0.2, 0.25) is 0 Å². The van der Waals surface area contributed by atoms with Crippen LogP contribution >= 0.6 is 0 Å². The third-order valence-electron chi connectivity index (χ3n) is 4.47. The van der Waals surface area contributed by atoms with E-state index in [1.54, 1.807) is 12.2 Å². The van der Waals surface area contributed by atoms with Gasteiger partial charge < -0.3 is 17.3 Å². The van der Waals surface area contributed by atoms with E-state index >= 15 is 0 Å². The highest BCUT2D eigenvalue weighted by Gasteiger charge is 2.20. The van der Waals surface area contributed by atoms with Gasteiger partial charge in [0.1, 0.15) is 0 Å². The smallest absolute Gasteiger partial charge is 0.418 e. The Kier molecular flexibility index (Phi) is 6.65. The van der Waals surface area contributed by atoms with Gasteiger partial charge in [0.15, 0.2) is 0 Å². The highest BCUT2D eigenvalue weighted by Crippen LogP contribution is 2.37. The lowest BCUT2D eigenvalue weighted by atomic mass is 9.99. The molecule has 1 nitrogen and oxygen atoms in total. The summed E-state index contributed by atoms with van der Waals surface area (Å²) in [6.45, 7) is 8.83. The number of hydrogen-bond acceptors (Lipinski definition) is 0. The minimum atomic E-state index is -6.00. The van der Waals surface area contributed by atoms with E-state index in [9.17, 15) is 22.1 Å². The predicted molar refractivity (Wildman–Crippen MR) is 110 cm³/mol. The van der Waals surface area contributed by atoms with E-state index in [0.717, 1.165) is 5.57 Å². The van der Waals surface area contributed by atoms with Crippen LogP contribution in [0.5, 0.6) is 0 Å². The first-order chi connectivity index (χ1) is 13.0. The Morgan fingerprint density at radius 2 is 1.46 bits per heavy atom. The summed E-state index contributed by atoms with van der Waals surface area (Å²) in [4.78, 5) is 9.44. The second kappa shape index (κ2) is 8.59. The second-order valence-corrected chi connectivity index (χ2v) is 7.12. The maximum absolute atomic E-state index is 9.75. The van der Waals surface area contributed by atoms with Crippen molar-refractivity contribution in [3.05, 3.63) is 76.4 Å². The number of rotatable bonds is 2. The Bertz CT molecular complexity index is 912. The SMILES string of the molecule is Cc1cc(C=C2C=CC(=[OH+])C=C2)c2c(C)ccc(C(C)C)cc1-2.F[B-](F)(F)F. The minimum Gasteiger partial charge on any atom is -0.418 e. The van der Waals surface area contributed by atoms with E-state index < -0.39 is 7.25 Å². The lowest BCUT2D eigenvalue weighted by Crippen LogP contribution is -2.02. The fraction of sp³-hybridized carbons (Fsp3) is 0.227. The van der Waals surface area contributed by atoms with Crippen molar-refractivity contribution >= 4 is 19.1 Å². The quantitative estimate of drug-likeness (QED) is 0.303. The normalized spacial score (nSPS) is 13.8. The van der Waals surface area contributed by atoms with Gasteiger partial charge in [-0.05, 0) is 76.9 Å². The summed E-state index contributed by atoms with van der Waals surface area (Å²) in [7, 11) is -6.00. The molecule has 0 saturated heterocycles. The zero-order chi connectivity index (χ0) is 21.1. The Labute approximate surface area is 162 Å². The molecule has 0 aromatic heterocycles. The largest absolute Gasteiger partial charge is 0.673 e. The van der Waals surface area contributed by atoms with Crippen LogP contribution in [-0.4, -0.2) is 17.8 Å². The van der Waals surface area contributed by atoms with E-state index in [4.69, 9.17) is 0 Å². The number of allylic oxidation sites excluding steroid dienone is 5. The minimum absolute atomic E-state index is 0.301. The maximum atomic E-state index is 9.75. The molecule has 0 aromatic rings. The lowest BCUT2D eigenvalue weighted by molar-refractivity contribution is 0.368. The van der Waals surface area contributed by atoms with Crippen LogP contribution in [0.15, 0.2) is 54.1 Å². The molecule has 0 saturated carbocycles. The highest BCUT2D eigenvalue weighted by molar-refractivity contribution is 6.50. The van der Waals surface area contributed by atoms with Crippen LogP contribution in [0, 0.1) is 13.8 Å². The van der Waals surface area contributed by atoms with Gasteiger partial charge in [0.05, 0.1) is 0 Å². The predicted octanol–water partition coefficient (Wildman–Crippen LogP) is 6.89. The van der Waals surface area contributed by atoms with Crippen molar-refractivity contribution in [2.45, 2.75) is 33.6 Å². The number of halogens is 4. The van der Waals surface area contributed by atoms with Crippen molar-refractivity contribution in [2.75, 3.05) is 0 Å². The molecule has 0 atom stereocenters. The third-order valence-corrected chi connectivity index (χ3v) is 4.47. The average Bonchev–Trinajstić information content (AvgIpc) is 2.74. The molecule has 0 radical (unpaired) electrons. The topological polar surface area (TPSA) is 21.4 Å². The molecular weight excluding hydrogens is 367 g/mol. The summed E-state index contributed by atoms with van der Waals surface area (Å²) in [5.41, 5.74) is 8.98. The Hall–Kier alpha value is -2.63. The van der Waals surface area contributed by atoms with Crippen molar-refractivity contribution in [1.29, 1.82) is 0 Å². The van der Waals surface area contributed by atoms with Crippen molar-refractivity contribution in [3.63, 3.8) is 0 Å². The number of ketones is 1. The first-order valence-corrected chi connectivity index (χ1v) is 9.00. The van der Waals surface area contributed by atoms with E-state index in [1.807, 2.05) is 12.2 Å². The molecule has 0 amide bonds. The monoisotopic (exact) mass is 390 g/mol. The number of aryl methyl sites for hydroxylation is 2. The van der Waals surface area contributed by atoms with Crippen LogP contribution in [0.1, 0.15) is 42.0 Å². The van der Waals surface area contributed by atoms with Crippen LogP contribution in [0.25, 0.3) is 17.2 Å². The molecule has 1 N–H and O–H groups in total. The molecule has 6 heteroatoms. The Morgan fingerprint density at radius 1 is 0.893 bits per heavy atom. The summed E-state index contributed by atoms with van der Waals surface area (Å²) in [6.07, 6.45) is 9.54. The summed E-state index contributed by atoms with van der Waals surface area (Å²) in [5.74, 6) is 0.818. The highest BCUT2D eigenvalue weighted by atomic mass is 19.5. The molecule has 3 aliphatic carbocycles. The Morgan fingerprint density at radius 3 is 2.00 bits per heavy atom. The van der Waals surface area contributed by atoms with Gasteiger partial charge in [-0.2, -0.15) is 0 Å². The average molecular weight is 390 g/mol.